The number of benzene rings is 2. The first-order chi connectivity index (χ1) is 8.72. The first kappa shape index (κ1) is 14.0. The third-order valence-electron chi connectivity index (χ3n) is 2.43. The zero-order valence-electron chi connectivity index (χ0n) is 10.9. The number of amides is 1. The number of rotatable bonds is 2. The summed E-state index contributed by atoms with van der Waals surface area (Å²) in [5.74, 6) is 0.0520. The summed E-state index contributed by atoms with van der Waals surface area (Å²) in [6.07, 6.45) is 0.470. The molecule has 2 heteroatoms. The van der Waals surface area contributed by atoms with Gasteiger partial charge in [-0.15, -0.1) is 0 Å². The van der Waals surface area contributed by atoms with Crippen LogP contribution in [0.15, 0.2) is 60.7 Å². The van der Waals surface area contributed by atoms with Gasteiger partial charge in [-0.25, -0.2) is 0 Å². The predicted octanol–water partition coefficient (Wildman–Crippen LogP) is 2.97. The van der Waals surface area contributed by atoms with Gasteiger partial charge in [-0.05, 0) is 12.5 Å². The summed E-state index contributed by atoms with van der Waals surface area (Å²) in [7, 11) is 1.64. The minimum absolute atomic E-state index is 0.0520. The summed E-state index contributed by atoms with van der Waals surface area (Å²) in [6, 6.07) is 19.9. The van der Waals surface area contributed by atoms with Crippen molar-refractivity contribution in [1.29, 1.82) is 0 Å². The summed E-state index contributed by atoms with van der Waals surface area (Å²) < 4.78 is 0. The summed E-state index contributed by atoms with van der Waals surface area (Å²) in [6.45, 7) is 2.08. The third-order valence-corrected chi connectivity index (χ3v) is 2.43. The Morgan fingerprint density at radius 3 is 1.83 bits per heavy atom. The molecule has 2 aromatic carbocycles. The Labute approximate surface area is 109 Å². The molecule has 0 aromatic heterocycles. The topological polar surface area (TPSA) is 29.1 Å². The molecule has 2 rings (SSSR count). The van der Waals surface area contributed by atoms with E-state index < -0.39 is 0 Å². The van der Waals surface area contributed by atoms with E-state index in [1.54, 1.807) is 7.05 Å². The lowest BCUT2D eigenvalue weighted by Crippen LogP contribution is -2.19. The minimum atomic E-state index is 0.0520. The van der Waals surface area contributed by atoms with Gasteiger partial charge in [0.15, 0.2) is 0 Å². The summed E-state index contributed by atoms with van der Waals surface area (Å²) in [4.78, 5) is 10.9. The SMILES string of the molecule is CNC(=O)Cc1ccccc1.Cc1ccccc1. The first-order valence-corrected chi connectivity index (χ1v) is 5.98. The molecule has 0 saturated carbocycles. The first-order valence-electron chi connectivity index (χ1n) is 5.98. The second-order valence-electron chi connectivity index (χ2n) is 3.99. The standard InChI is InChI=1S/C9H11NO.C7H8/c1-10-9(11)7-8-5-3-2-4-6-8;1-7-5-3-2-4-6-7/h2-6H,7H2,1H3,(H,10,11);2-6H,1H3. The van der Waals surface area contributed by atoms with Crippen LogP contribution in [0.2, 0.25) is 0 Å². The van der Waals surface area contributed by atoms with Crippen molar-refractivity contribution < 1.29 is 4.79 Å². The van der Waals surface area contributed by atoms with Gasteiger partial charge in [0, 0.05) is 7.05 Å². The minimum Gasteiger partial charge on any atom is -0.359 e. The molecule has 2 nitrogen and oxygen atoms in total. The van der Waals surface area contributed by atoms with Gasteiger partial charge < -0.3 is 5.32 Å². The van der Waals surface area contributed by atoms with Gasteiger partial charge in [-0.3, -0.25) is 4.79 Å². The lowest BCUT2D eigenvalue weighted by atomic mass is 10.1. The molecule has 2 aromatic rings. The second-order valence-corrected chi connectivity index (χ2v) is 3.99. The molecule has 0 radical (unpaired) electrons. The Kier molecular flexibility index (Phi) is 6.26. The van der Waals surface area contributed by atoms with E-state index in [9.17, 15) is 4.79 Å². The van der Waals surface area contributed by atoms with Gasteiger partial charge >= 0.3 is 0 Å². The van der Waals surface area contributed by atoms with E-state index in [1.165, 1.54) is 5.56 Å². The average Bonchev–Trinajstić information content (AvgIpc) is 2.41. The van der Waals surface area contributed by atoms with Crippen LogP contribution >= 0.6 is 0 Å². The van der Waals surface area contributed by atoms with E-state index in [0.29, 0.717) is 6.42 Å². The molecule has 0 aliphatic rings. The lowest BCUT2D eigenvalue weighted by molar-refractivity contribution is -0.119. The summed E-state index contributed by atoms with van der Waals surface area (Å²) >= 11 is 0. The average molecular weight is 241 g/mol. The fourth-order valence-corrected chi connectivity index (χ4v) is 1.40. The Bertz CT molecular complexity index is 451. The van der Waals surface area contributed by atoms with Gasteiger partial charge in [0.2, 0.25) is 5.91 Å². The molecular weight excluding hydrogens is 222 g/mol. The molecule has 94 valence electrons. The highest BCUT2D eigenvalue weighted by molar-refractivity contribution is 5.78. The number of carbonyl (C=O) groups is 1. The second kappa shape index (κ2) is 8.07. The molecule has 1 N–H and O–H groups in total. The number of likely N-dealkylation sites (N-methyl/N-ethyl adjacent to an activating group) is 1. The quantitative estimate of drug-likeness (QED) is 0.860. The maximum absolute atomic E-state index is 10.9. The van der Waals surface area contributed by atoms with E-state index in [-0.39, 0.29) is 5.91 Å². The molecule has 1 amide bonds. The normalized spacial score (nSPS) is 9.00. The zero-order valence-corrected chi connectivity index (χ0v) is 10.9. The van der Waals surface area contributed by atoms with Crippen LogP contribution in [0.3, 0.4) is 0 Å². The third kappa shape index (κ3) is 5.85. The molecule has 0 unspecified atom stereocenters. The van der Waals surface area contributed by atoms with E-state index in [1.807, 2.05) is 48.5 Å². The molecule has 0 saturated heterocycles. The fourth-order valence-electron chi connectivity index (χ4n) is 1.40. The zero-order chi connectivity index (χ0) is 13.2. The number of hydrogen-bond donors (Lipinski definition) is 1. The molecule has 0 aliphatic carbocycles. The molecule has 0 atom stereocenters. The van der Waals surface area contributed by atoms with Crippen LogP contribution in [0.1, 0.15) is 11.1 Å². The van der Waals surface area contributed by atoms with Crippen LogP contribution in [0.4, 0.5) is 0 Å². The molecule has 0 heterocycles. The van der Waals surface area contributed by atoms with Gasteiger partial charge in [-0.2, -0.15) is 0 Å². The van der Waals surface area contributed by atoms with Crippen LogP contribution < -0.4 is 5.32 Å². The highest BCUT2D eigenvalue weighted by atomic mass is 16.1. The number of aryl methyl sites for hydroxylation is 1. The van der Waals surface area contributed by atoms with Crippen molar-refractivity contribution in [1.82, 2.24) is 5.32 Å². The van der Waals surface area contributed by atoms with Gasteiger partial charge in [0.05, 0.1) is 6.42 Å². The predicted molar refractivity (Wildman–Crippen MR) is 75.4 cm³/mol. The lowest BCUT2D eigenvalue weighted by Gasteiger charge is -1.98. The molecule has 0 spiro atoms. The molecule has 0 aliphatic heterocycles. The smallest absolute Gasteiger partial charge is 0.224 e. The maximum Gasteiger partial charge on any atom is 0.224 e. The van der Waals surface area contributed by atoms with E-state index in [2.05, 4.69) is 24.4 Å². The maximum atomic E-state index is 10.9. The van der Waals surface area contributed by atoms with Crippen molar-refractivity contribution in [2.24, 2.45) is 0 Å². The summed E-state index contributed by atoms with van der Waals surface area (Å²) in [5, 5.41) is 2.57. The molecular formula is C16H19NO. The van der Waals surface area contributed by atoms with Gasteiger partial charge in [-0.1, -0.05) is 66.2 Å². The highest BCUT2D eigenvalue weighted by Gasteiger charge is 1.97. The van der Waals surface area contributed by atoms with Crippen LogP contribution in [-0.4, -0.2) is 13.0 Å². The Morgan fingerprint density at radius 1 is 0.944 bits per heavy atom. The Morgan fingerprint density at radius 2 is 1.44 bits per heavy atom. The highest BCUT2D eigenvalue weighted by Crippen LogP contribution is 1.98. The van der Waals surface area contributed by atoms with Gasteiger partial charge in [0.1, 0.15) is 0 Å². The molecule has 18 heavy (non-hydrogen) atoms. The van der Waals surface area contributed by atoms with Crippen molar-refractivity contribution in [3.8, 4) is 0 Å². The van der Waals surface area contributed by atoms with Crippen LogP contribution in [-0.2, 0) is 11.2 Å². The summed E-state index contributed by atoms with van der Waals surface area (Å²) in [5.41, 5.74) is 2.37. The Hall–Kier alpha value is -2.09. The van der Waals surface area contributed by atoms with Crippen LogP contribution in [0.5, 0.6) is 0 Å². The van der Waals surface area contributed by atoms with Crippen molar-refractivity contribution in [3.05, 3.63) is 71.8 Å². The van der Waals surface area contributed by atoms with Crippen molar-refractivity contribution in [2.45, 2.75) is 13.3 Å². The number of nitrogens with one attached hydrogen (secondary N) is 1. The largest absolute Gasteiger partial charge is 0.359 e. The van der Waals surface area contributed by atoms with Crippen molar-refractivity contribution in [2.75, 3.05) is 7.05 Å². The fraction of sp³-hybridized carbons (Fsp3) is 0.188. The number of hydrogen-bond acceptors (Lipinski definition) is 1. The van der Waals surface area contributed by atoms with Crippen molar-refractivity contribution in [3.63, 3.8) is 0 Å². The van der Waals surface area contributed by atoms with E-state index >= 15 is 0 Å². The van der Waals surface area contributed by atoms with Crippen molar-refractivity contribution >= 4 is 5.91 Å². The Balaban J connectivity index is 0.000000199. The van der Waals surface area contributed by atoms with Crippen LogP contribution in [0.25, 0.3) is 0 Å². The number of carbonyl (C=O) groups excluding carboxylic acids is 1. The van der Waals surface area contributed by atoms with Gasteiger partial charge in [0.25, 0.3) is 0 Å². The monoisotopic (exact) mass is 241 g/mol. The van der Waals surface area contributed by atoms with E-state index in [0.717, 1.165) is 5.56 Å². The molecule has 0 fully saturated rings. The van der Waals surface area contributed by atoms with Crippen LogP contribution in [0, 0.1) is 6.92 Å². The van der Waals surface area contributed by atoms with E-state index in [4.69, 9.17) is 0 Å². The molecule has 0 bridgehead atoms.